The van der Waals surface area contributed by atoms with Crippen LogP contribution in [0, 0.1) is 11.7 Å². The lowest BCUT2D eigenvalue weighted by Crippen LogP contribution is -2.39. The molecule has 1 aliphatic heterocycles. The normalized spacial score (nSPS) is 18.0. The number of rotatable bonds is 5. The lowest BCUT2D eigenvalue weighted by atomic mass is 9.99. The zero-order valence-electron chi connectivity index (χ0n) is 12.2. The van der Waals surface area contributed by atoms with Crippen LogP contribution in [0.4, 0.5) is 10.1 Å². The van der Waals surface area contributed by atoms with Crippen molar-refractivity contribution in [3.8, 4) is 0 Å². The van der Waals surface area contributed by atoms with Gasteiger partial charge in [-0.1, -0.05) is 6.92 Å². The van der Waals surface area contributed by atoms with Gasteiger partial charge in [-0.3, -0.25) is 0 Å². The Labute approximate surface area is 125 Å². The van der Waals surface area contributed by atoms with Crippen LogP contribution in [-0.4, -0.2) is 39.5 Å². The summed E-state index contributed by atoms with van der Waals surface area (Å²) < 4.78 is 39.9. The van der Waals surface area contributed by atoms with Gasteiger partial charge in [0.2, 0.25) is 10.0 Å². The predicted molar refractivity (Wildman–Crippen MR) is 80.8 cm³/mol. The number of nitrogen functional groups attached to an aromatic ring is 1. The molecule has 21 heavy (non-hydrogen) atoms. The van der Waals surface area contributed by atoms with Crippen LogP contribution < -0.4 is 10.5 Å². The van der Waals surface area contributed by atoms with Crippen LogP contribution in [0.2, 0.25) is 0 Å². The van der Waals surface area contributed by atoms with E-state index in [9.17, 15) is 12.8 Å². The molecule has 5 nitrogen and oxygen atoms in total. The van der Waals surface area contributed by atoms with Gasteiger partial charge in [0.25, 0.3) is 0 Å². The molecule has 0 radical (unpaired) electrons. The van der Waals surface area contributed by atoms with Crippen molar-refractivity contribution in [2.75, 3.05) is 31.9 Å². The van der Waals surface area contributed by atoms with Gasteiger partial charge < -0.3 is 10.6 Å². The van der Waals surface area contributed by atoms with Gasteiger partial charge in [0.05, 0.1) is 5.69 Å². The van der Waals surface area contributed by atoms with Crippen LogP contribution in [0.1, 0.15) is 19.8 Å². The Hall–Kier alpha value is -1.18. The van der Waals surface area contributed by atoms with Gasteiger partial charge in [-0.15, -0.1) is 0 Å². The first-order valence-corrected chi connectivity index (χ1v) is 8.64. The highest BCUT2D eigenvalue weighted by Gasteiger charge is 2.19. The summed E-state index contributed by atoms with van der Waals surface area (Å²) >= 11 is 0. The summed E-state index contributed by atoms with van der Waals surface area (Å²) in [5.41, 5.74) is 5.66. The van der Waals surface area contributed by atoms with E-state index in [2.05, 4.69) is 16.5 Å². The van der Waals surface area contributed by atoms with Gasteiger partial charge >= 0.3 is 0 Å². The smallest absolute Gasteiger partial charge is 0.242 e. The zero-order valence-corrected chi connectivity index (χ0v) is 13.0. The first-order chi connectivity index (χ1) is 9.88. The highest BCUT2D eigenvalue weighted by Crippen LogP contribution is 2.19. The van der Waals surface area contributed by atoms with Crippen LogP contribution in [0.5, 0.6) is 0 Å². The summed E-state index contributed by atoms with van der Waals surface area (Å²) in [6.07, 6.45) is 2.28. The van der Waals surface area contributed by atoms with Crippen LogP contribution in [0.15, 0.2) is 23.1 Å². The highest BCUT2D eigenvalue weighted by atomic mass is 32.2. The van der Waals surface area contributed by atoms with Crippen LogP contribution in [0.3, 0.4) is 0 Å². The molecule has 3 N–H and O–H groups in total. The number of hydrogen-bond acceptors (Lipinski definition) is 4. The molecule has 0 atom stereocenters. The van der Waals surface area contributed by atoms with E-state index in [0.717, 1.165) is 44.0 Å². The van der Waals surface area contributed by atoms with Crippen molar-refractivity contribution >= 4 is 15.7 Å². The van der Waals surface area contributed by atoms with Crippen molar-refractivity contribution in [1.29, 1.82) is 0 Å². The number of nitrogens with two attached hydrogens (primary N) is 1. The van der Waals surface area contributed by atoms with Gasteiger partial charge in [0, 0.05) is 13.1 Å². The molecule has 1 aromatic carbocycles. The molecule has 7 heteroatoms. The molecule has 118 valence electrons. The number of sulfonamides is 1. The molecular weight excluding hydrogens is 293 g/mol. The first-order valence-electron chi connectivity index (χ1n) is 7.15. The maximum Gasteiger partial charge on any atom is 0.242 e. The molecule has 0 spiro atoms. The molecule has 0 unspecified atom stereocenters. The summed E-state index contributed by atoms with van der Waals surface area (Å²) in [7, 11) is -3.77. The Bertz CT molecular complexity index is 584. The third-order valence-corrected chi connectivity index (χ3v) is 5.38. The van der Waals surface area contributed by atoms with Crippen molar-refractivity contribution in [3.05, 3.63) is 24.0 Å². The second-order valence-electron chi connectivity index (χ2n) is 5.60. The molecular formula is C14H22FN3O2S. The fourth-order valence-electron chi connectivity index (χ4n) is 2.44. The Balaban J connectivity index is 1.91. The minimum absolute atomic E-state index is 0.0516. The standard InChI is InChI=1S/C14H22FN3O2S/c1-11-4-7-18(8-5-11)9-6-17-21(19,20)14-10-12(15)2-3-13(14)16/h2-3,10-11,17H,4-9,16H2,1H3. The Morgan fingerprint density at radius 1 is 1.38 bits per heavy atom. The Kier molecular flexibility index (Phi) is 5.18. The minimum atomic E-state index is -3.77. The van der Waals surface area contributed by atoms with Crippen molar-refractivity contribution in [2.24, 2.45) is 5.92 Å². The lowest BCUT2D eigenvalue weighted by Gasteiger charge is -2.30. The number of halogens is 1. The summed E-state index contributed by atoms with van der Waals surface area (Å²) in [4.78, 5) is 2.03. The van der Waals surface area contributed by atoms with Crippen LogP contribution in [-0.2, 0) is 10.0 Å². The molecule has 1 aromatic rings. The minimum Gasteiger partial charge on any atom is -0.398 e. The van der Waals surface area contributed by atoms with Crippen molar-refractivity contribution in [2.45, 2.75) is 24.7 Å². The molecule has 0 aromatic heterocycles. The number of hydrogen-bond donors (Lipinski definition) is 2. The molecule has 0 amide bonds. The van der Waals surface area contributed by atoms with Gasteiger partial charge in [0.1, 0.15) is 10.7 Å². The average Bonchev–Trinajstić information content (AvgIpc) is 2.43. The fraction of sp³-hybridized carbons (Fsp3) is 0.571. The second kappa shape index (κ2) is 6.72. The van der Waals surface area contributed by atoms with Crippen molar-refractivity contribution < 1.29 is 12.8 Å². The monoisotopic (exact) mass is 315 g/mol. The maximum absolute atomic E-state index is 13.2. The van der Waals surface area contributed by atoms with E-state index in [-0.39, 0.29) is 10.6 Å². The van der Waals surface area contributed by atoms with E-state index in [1.54, 1.807) is 0 Å². The molecule has 1 saturated heterocycles. The topological polar surface area (TPSA) is 75.4 Å². The van der Waals surface area contributed by atoms with E-state index in [0.29, 0.717) is 13.1 Å². The second-order valence-corrected chi connectivity index (χ2v) is 7.34. The number of anilines is 1. The van der Waals surface area contributed by atoms with E-state index in [1.165, 1.54) is 6.07 Å². The molecule has 1 aliphatic rings. The number of piperidine rings is 1. The van der Waals surface area contributed by atoms with Gasteiger partial charge in [-0.25, -0.2) is 17.5 Å². The molecule has 1 fully saturated rings. The lowest BCUT2D eigenvalue weighted by molar-refractivity contribution is 0.195. The summed E-state index contributed by atoms with van der Waals surface area (Å²) in [5, 5.41) is 0. The van der Waals surface area contributed by atoms with E-state index in [4.69, 9.17) is 5.73 Å². The number of nitrogens with one attached hydrogen (secondary N) is 1. The maximum atomic E-state index is 13.2. The summed E-state index contributed by atoms with van der Waals surface area (Å²) in [5.74, 6) is 0.125. The highest BCUT2D eigenvalue weighted by molar-refractivity contribution is 7.89. The predicted octanol–water partition coefficient (Wildman–Crippen LogP) is 1.42. The van der Waals surface area contributed by atoms with Gasteiger partial charge in [-0.2, -0.15) is 0 Å². The number of likely N-dealkylation sites (tertiary alicyclic amines) is 1. The fourth-order valence-corrected chi connectivity index (χ4v) is 3.60. The molecule has 2 rings (SSSR count). The molecule has 1 heterocycles. The third-order valence-electron chi connectivity index (χ3n) is 3.86. The largest absolute Gasteiger partial charge is 0.398 e. The Morgan fingerprint density at radius 3 is 2.71 bits per heavy atom. The average molecular weight is 315 g/mol. The molecule has 0 aliphatic carbocycles. The quantitative estimate of drug-likeness (QED) is 0.806. The van der Waals surface area contributed by atoms with Crippen molar-refractivity contribution in [1.82, 2.24) is 9.62 Å². The van der Waals surface area contributed by atoms with E-state index >= 15 is 0 Å². The van der Waals surface area contributed by atoms with E-state index < -0.39 is 15.8 Å². The van der Waals surface area contributed by atoms with E-state index in [1.807, 2.05) is 0 Å². The third kappa shape index (κ3) is 4.39. The van der Waals surface area contributed by atoms with Crippen LogP contribution in [0.25, 0.3) is 0 Å². The molecule has 0 bridgehead atoms. The van der Waals surface area contributed by atoms with Gasteiger partial charge in [-0.05, 0) is 50.0 Å². The molecule has 0 saturated carbocycles. The zero-order chi connectivity index (χ0) is 15.5. The SMILES string of the molecule is CC1CCN(CCNS(=O)(=O)c2cc(F)ccc2N)CC1. The van der Waals surface area contributed by atoms with Crippen LogP contribution >= 0.6 is 0 Å². The summed E-state index contributed by atoms with van der Waals surface area (Å²) in [6, 6.07) is 3.35. The number of benzene rings is 1. The van der Waals surface area contributed by atoms with Gasteiger partial charge in [0.15, 0.2) is 0 Å². The Morgan fingerprint density at radius 2 is 2.05 bits per heavy atom. The first kappa shape index (κ1) is 16.2. The van der Waals surface area contributed by atoms with Crippen molar-refractivity contribution in [3.63, 3.8) is 0 Å². The summed E-state index contributed by atoms with van der Waals surface area (Å²) in [6.45, 7) is 5.16. The number of nitrogens with zero attached hydrogens (tertiary/aromatic N) is 1.